The molecule has 3 unspecified atom stereocenters. The van der Waals surface area contributed by atoms with Gasteiger partial charge in [0.05, 0.1) is 12.1 Å². The van der Waals surface area contributed by atoms with Gasteiger partial charge in [0.2, 0.25) is 0 Å². The van der Waals surface area contributed by atoms with Gasteiger partial charge in [0, 0.05) is 22.2 Å². The molecule has 0 saturated heterocycles. The van der Waals surface area contributed by atoms with Gasteiger partial charge in [0.15, 0.2) is 0 Å². The lowest BCUT2D eigenvalue weighted by molar-refractivity contribution is 0.136. The van der Waals surface area contributed by atoms with Crippen LogP contribution in [0, 0.1) is 13.8 Å². The van der Waals surface area contributed by atoms with Gasteiger partial charge in [-0.25, -0.2) is 0 Å². The molecule has 2 nitrogen and oxygen atoms in total. The maximum Gasteiger partial charge on any atom is 0.0775 e. The number of aliphatic hydroxyl groups is 1. The van der Waals surface area contributed by atoms with E-state index in [0.29, 0.717) is 0 Å². The van der Waals surface area contributed by atoms with E-state index in [9.17, 15) is 5.11 Å². The molecule has 0 bridgehead atoms. The van der Waals surface area contributed by atoms with Crippen LogP contribution in [0.25, 0.3) is 0 Å². The molecule has 0 saturated carbocycles. The number of thiophene rings is 1. The van der Waals surface area contributed by atoms with Crippen molar-refractivity contribution < 1.29 is 5.11 Å². The van der Waals surface area contributed by atoms with Crippen LogP contribution >= 0.6 is 11.3 Å². The minimum Gasteiger partial charge on any atom is -0.391 e. The predicted octanol–water partition coefficient (Wildman–Crippen LogP) is 3.67. The van der Waals surface area contributed by atoms with Gasteiger partial charge in [-0.15, -0.1) is 11.3 Å². The molecule has 0 fully saturated rings. The van der Waals surface area contributed by atoms with Gasteiger partial charge in [-0.2, -0.15) is 0 Å². The van der Waals surface area contributed by atoms with E-state index in [0.717, 1.165) is 6.42 Å². The summed E-state index contributed by atoms with van der Waals surface area (Å²) in [5, 5.41) is 13.9. The van der Waals surface area contributed by atoms with Gasteiger partial charge in [0.25, 0.3) is 0 Å². The zero-order chi connectivity index (χ0) is 14.3. The highest BCUT2D eigenvalue weighted by Crippen LogP contribution is 2.34. The van der Waals surface area contributed by atoms with Crippen molar-refractivity contribution in [1.82, 2.24) is 5.32 Å². The van der Waals surface area contributed by atoms with Gasteiger partial charge in [0.1, 0.15) is 0 Å². The van der Waals surface area contributed by atoms with Crippen molar-refractivity contribution in [2.24, 2.45) is 0 Å². The van der Waals surface area contributed by atoms with Gasteiger partial charge >= 0.3 is 0 Å². The quantitative estimate of drug-likeness (QED) is 0.902. The summed E-state index contributed by atoms with van der Waals surface area (Å²) in [5.74, 6) is 0. The Bertz CT molecular complexity index is 619. The Morgan fingerprint density at radius 2 is 2.05 bits per heavy atom. The lowest BCUT2D eigenvalue weighted by Crippen LogP contribution is -2.31. The third-order valence-electron chi connectivity index (χ3n) is 4.18. The molecule has 0 spiro atoms. The number of fused-ring (bicyclic) bond motifs is 1. The van der Waals surface area contributed by atoms with Crippen LogP contribution < -0.4 is 5.32 Å². The highest BCUT2D eigenvalue weighted by atomic mass is 32.1. The first-order valence-corrected chi connectivity index (χ1v) is 7.96. The van der Waals surface area contributed by atoms with E-state index in [1.54, 1.807) is 0 Å². The van der Waals surface area contributed by atoms with Crippen molar-refractivity contribution in [2.45, 2.75) is 45.4 Å². The molecule has 1 aromatic carbocycles. The van der Waals surface area contributed by atoms with E-state index in [1.165, 1.54) is 26.4 Å². The molecule has 0 aliphatic heterocycles. The Morgan fingerprint density at radius 1 is 1.30 bits per heavy atom. The summed E-state index contributed by atoms with van der Waals surface area (Å²) in [6, 6.07) is 10.9. The van der Waals surface area contributed by atoms with Crippen LogP contribution in [0.5, 0.6) is 0 Å². The first kappa shape index (κ1) is 13.8. The Labute approximate surface area is 124 Å². The molecule has 2 N–H and O–H groups in total. The lowest BCUT2D eigenvalue weighted by atomic mass is 10.0. The van der Waals surface area contributed by atoms with E-state index >= 15 is 0 Å². The zero-order valence-corrected chi connectivity index (χ0v) is 13.0. The molecule has 3 atom stereocenters. The molecule has 1 aliphatic rings. The summed E-state index contributed by atoms with van der Waals surface area (Å²) in [6.45, 7) is 6.50. The second kappa shape index (κ2) is 5.32. The molecule has 1 aromatic heterocycles. The van der Waals surface area contributed by atoms with E-state index in [4.69, 9.17) is 0 Å². The molecular weight excluding hydrogens is 266 g/mol. The highest BCUT2D eigenvalue weighted by Gasteiger charge is 2.31. The minimum absolute atomic E-state index is 0.0424. The molecule has 0 radical (unpaired) electrons. The van der Waals surface area contributed by atoms with Crippen molar-refractivity contribution in [3.05, 3.63) is 56.8 Å². The van der Waals surface area contributed by atoms with Gasteiger partial charge in [-0.1, -0.05) is 24.3 Å². The van der Waals surface area contributed by atoms with E-state index < -0.39 is 0 Å². The normalized spacial score (nSPS) is 22.8. The third-order valence-corrected chi connectivity index (χ3v) is 5.16. The fourth-order valence-corrected chi connectivity index (χ4v) is 4.24. The fourth-order valence-electron chi connectivity index (χ4n) is 3.21. The second-order valence-corrected chi connectivity index (χ2v) is 7.17. The van der Waals surface area contributed by atoms with Crippen LogP contribution in [0.3, 0.4) is 0 Å². The van der Waals surface area contributed by atoms with Crippen molar-refractivity contribution >= 4 is 11.3 Å². The SMILES string of the molecule is Cc1cc(C(C)NC2c3ccccc3CC2O)c(C)s1. The predicted molar refractivity (Wildman–Crippen MR) is 84.2 cm³/mol. The smallest absolute Gasteiger partial charge is 0.0775 e. The summed E-state index contributed by atoms with van der Waals surface area (Å²) in [4.78, 5) is 2.71. The number of aliphatic hydroxyl groups excluding tert-OH is 1. The monoisotopic (exact) mass is 287 g/mol. The van der Waals surface area contributed by atoms with E-state index in [-0.39, 0.29) is 18.2 Å². The van der Waals surface area contributed by atoms with Crippen molar-refractivity contribution in [2.75, 3.05) is 0 Å². The Balaban J connectivity index is 1.83. The standard InChI is InChI=1S/C17H21NOS/c1-10-8-15(12(3)20-10)11(2)18-17-14-7-5-4-6-13(14)9-16(17)19/h4-8,11,16-19H,9H2,1-3H3. The topological polar surface area (TPSA) is 32.3 Å². The molecule has 106 valence electrons. The van der Waals surface area contributed by atoms with Crippen LogP contribution in [0.4, 0.5) is 0 Å². The average Bonchev–Trinajstić information content (AvgIpc) is 2.90. The number of aryl methyl sites for hydroxylation is 2. The van der Waals surface area contributed by atoms with E-state index in [2.05, 4.69) is 50.4 Å². The fraction of sp³-hybridized carbons (Fsp3) is 0.412. The average molecular weight is 287 g/mol. The molecule has 2 aromatic rings. The summed E-state index contributed by atoms with van der Waals surface area (Å²) < 4.78 is 0. The number of hydrogen-bond acceptors (Lipinski definition) is 3. The van der Waals surface area contributed by atoms with Gasteiger partial charge in [-0.05, 0) is 43.5 Å². The maximum absolute atomic E-state index is 10.3. The summed E-state index contributed by atoms with van der Waals surface area (Å²) in [5.41, 5.74) is 3.86. The third kappa shape index (κ3) is 2.41. The molecule has 3 rings (SSSR count). The number of benzene rings is 1. The highest BCUT2D eigenvalue weighted by molar-refractivity contribution is 7.12. The number of nitrogens with one attached hydrogen (secondary N) is 1. The van der Waals surface area contributed by atoms with Crippen LogP contribution in [0.15, 0.2) is 30.3 Å². The Morgan fingerprint density at radius 3 is 2.75 bits per heavy atom. The van der Waals surface area contributed by atoms with Gasteiger partial charge in [-0.3, -0.25) is 0 Å². The largest absolute Gasteiger partial charge is 0.391 e. The Hall–Kier alpha value is -1.16. The lowest BCUT2D eigenvalue weighted by Gasteiger charge is -2.23. The van der Waals surface area contributed by atoms with Crippen molar-refractivity contribution in [3.63, 3.8) is 0 Å². The molecule has 20 heavy (non-hydrogen) atoms. The first-order chi connectivity index (χ1) is 9.56. The first-order valence-electron chi connectivity index (χ1n) is 7.15. The molecule has 1 heterocycles. The number of rotatable bonds is 3. The maximum atomic E-state index is 10.3. The molecule has 0 amide bonds. The van der Waals surface area contributed by atoms with Crippen LogP contribution in [0.2, 0.25) is 0 Å². The van der Waals surface area contributed by atoms with E-state index in [1.807, 2.05) is 17.4 Å². The molecule has 1 aliphatic carbocycles. The minimum atomic E-state index is -0.324. The number of hydrogen-bond donors (Lipinski definition) is 2. The van der Waals surface area contributed by atoms with Crippen LogP contribution in [-0.4, -0.2) is 11.2 Å². The molecular formula is C17H21NOS. The summed E-state index contributed by atoms with van der Waals surface area (Å²) in [6.07, 6.45) is 0.428. The van der Waals surface area contributed by atoms with Crippen molar-refractivity contribution in [1.29, 1.82) is 0 Å². The summed E-state index contributed by atoms with van der Waals surface area (Å²) in [7, 11) is 0. The van der Waals surface area contributed by atoms with Crippen LogP contribution in [-0.2, 0) is 6.42 Å². The zero-order valence-electron chi connectivity index (χ0n) is 12.2. The summed E-state index contributed by atoms with van der Waals surface area (Å²) >= 11 is 1.84. The second-order valence-electron chi connectivity index (χ2n) is 5.70. The van der Waals surface area contributed by atoms with Crippen LogP contribution in [0.1, 0.15) is 45.5 Å². The molecule has 3 heteroatoms. The van der Waals surface area contributed by atoms with Crippen molar-refractivity contribution in [3.8, 4) is 0 Å². The van der Waals surface area contributed by atoms with Gasteiger partial charge < -0.3 is 10.4 Å². The Kier molecular flexibility index (Phi) is 3.67.